The molecule has 0 spiro atoms. The van der Waals surface area contributed by atoms with E-state index in [-0.39, 0.29) is 5.91 Å². The summed E-state index contributed by atoms with van der Waals surface area (Å²) in [4.78, 5) is 20.6. The Morgan fingerprint density at radius 3 is 2.70 bits per heavy atom. The molecular weight excluding hydrogens is 272 g/mol. The topological polar surface area (TPSA) is 62.5 Å². The molecule has 0 unspecified atom stereocenters. The largest absolute Gasteiger partial charge is 0.396 e. The third kappa shape index (κ3) is 2.46. The van der Waals surface area contributed by atoms with Crippen LogP contribution in [0, 0.1) is 0 Å². The number of rotatable bonds is 2. The van der Waals surface area contributed by atoms with E-state index in [1.54, 1.807) is 17.5 Å². The van der Waals surface area contributed by atoms with Gasteiger partial charge in [0.15, 0.2) is 5.82 Å². The highest BCUT2D eigenvalue weighted by atomic mass is 32.1. The first-order valence-electron chi connectivity index (χ1n) is 6.52. The standard InChI is InChI=1S/C14H16N4OS/c15-12-2-1-4-16-13(12)17-5-7-18(8-6-17)14(19)11-3-9-20-10-11/h1-4,9-10H,5-8,15H2. The Bertz CT molecular complexity index is 591. The Morgan fingerprint density at radius 1 is 1.25 bits per heavy atom. The lowest BCUT2D eigenvalue weighted by Crippen LogP contribution is -2.49. The van der Waals surface area contributed by atoms with Crippen molar-refractivity contribution >= 4 is 28.7 Å². The summed E-state index contributed by atoms with van der Waals surface area (Å²) < 4.78 is 0. The van der Waals surface area contributed by atoms with Crippen molar-refractivity contribution in [3.8, 4) is 0 Å². The SMILES string of the molecule is Nc1cccnc1N1CCN(C(=O)c2ccsc2)CC1. The minimum absolute atomic E-state index is 0.111. The van der Waals surface area contributed by atoms with E-state index in [2.05, 4.69) is 9.88 Å². The zero-order chi connectivity index (χ0) is 13.9. The Balaban J connectivity index is 1.65. The minimum atomic E-state index is 0.111. The summed E-state index contributed by atoms with van der Waals surface area (Å²) in [5.74, 6) is 0.926. The number of nitrogen functional groups attached to an aromatic ring is 1. The lowest BCUT2D eigenvalue weighted by molar-refractivity contribution is 0.0747. The van der Waals surface area contributed by atoms with E-state index in [1.807, 2.05) is 33.9 Å². The van der Waals surface area contributed by atoms with Crippen molar-refractivity contribution in [2.75, 3.05) is 36.8 Å². The highest BCUT2D eigenvalue weighted by Gasteiger charge is 2.23. The van der Waals surface area contributed by atoms with E-state index in [4.69, 9.17) is 5.73 Å². The summed E-state index contributed by atoms with van der Waals surface area (Å²) in [6, 6.07) is 5.55. The molecule has 20 heavy (non-hydrogen) atoms. The van der Waals surface area contributed by atoms with Crippen molar-refractivity contribution in [3.63, 3.8) is 0 Å². The molecule has 104 valence electrons. The highest BCUT2D eigenvalue weighted by Crippen LogP contribution is 2.21. The fourth-order valence-corrected chi connectivity index (χ4v) is 2.99. The van der Waals surface area contributed by atoms with Crippen LogP contribution in [-0.4, -0.2) is 42.0 Å². The van der Waals surface area contributed by atoms with Gasteiger partial charge in [0.2, 0.25) is 0 Å². The van der Waals surface area contributed by atoms with Crippen LogP contribution >= 0.6 is 11.3 Å². The summed E-state index contributed by atoms with van der Waals surface area (Å²) in [5.41, 5.74) is 7.40. The van der Waals surface area contributed by atoms with Gasteiger partial charge in [0, 0.05) is 37.8 Å². The zero-order valence-corrected chi connectivity index (χ0v) is 11.8. The lowest BCUT2D eigenvalue weighted by atomic mass is 10.2. The van der Waals surface area contributed by atoms with E-state index >= 15 is 0 Å². The van der Waals surface area contributed by atoms with Gasteiger partial charge in [-0.3, -0.25) is 4.79 Å². The quantitative estimate of drug-likeness (QED) is 0.913. The molecule has 1 fully saturated rings. The predicted octanol–water partition coefficient (Wildman–Crippen LogP) is 1.69. The van der Waals surface area contributed by atoms with Crippen LogP contribution in [0.15, 0.2) is 35.2 Å². The smallest absolute Gasteiger partial charge is 0.254 e. The van der Waals surface area contributed by atoms with Crippen molar-refractivity contribution in [3.05, 3.63) is 40.7 Å². The number of thiophene rings is 1. The van der Waals surface area contributed by atoms with Gasteiger partial charge in [0.25, 0.3) is 5.91 Å². The van der Waals surface area contributed by atoms with Crippen LogP contribution in [0.3, 0.4) is 0 Å². The van der Waals surface area contributed by atoms with Gasteiger partial charge in [0.1, 0.15) is 0 Å². The van der Waals surface area contributed by atoms with Crippen molar-refractivity contribution in [2.24, 2.45) is 0 Å². The molecule has 2 aromatic heterocycles. The van der Waals surface area contributed by atoms with Crippen LogP contribution in [0.1, 0.15) is 10.4 Å². The molecule has 3 rings (SSSR count). The molecule has 2 N–H and O–H groups in total. The first kappa shape index (κ1) is 12.9. The number of aromatic nitrogens is 1. The maximum absolute atomic E-state index is 12.2. The molecule has 2 aromatic rings. The Hall–Kier alpha value is -2.08. The number of carbonyl (C=O) groups is 1. The van der Waals surface area contributed by atoms with Crippen LogP contribution in [-0.2, 0) is 0 Å². The average Bonchev–Trinajstić information content (AvgIpc) is 3.01. The molecule has 0 aliphatic carbocycles. The van der Waals surface area contributed by atoms with Gasteiger partial charge in [-0.15, -0.1) is 0 Å². The number of carbonyl (C=O) groups excluding carboxylic acids is 1. The Labute approximate surface area is 121 Å². The van der Waals surface area contributed by atoms with Crippen LogP contribution in [0.25, 0.3) is 0 Å². The third-order valence-corrected chi connectivity index (χ3v) is 4.13. The maximum atomic E-state index is 12.2. The first-order valence-corrected chi connectivity index (χ1v) is 7.47. The fourth-order valence-electron chi connectivity index (χ4n) is 2.36. The first-order chi connectivity index (χ1) is 9.75. The van der Waals surface area contributed by atoms with Gasteiger partial charge < -0.3 is 15.5 Å². The summed E-state index contributed by atoms with van der Waals surface area (Å²) in [7, 11) is 0. The van der Waals surface area contributed by atoms with E-state index < -0.39 is 0 Å². The van der Waals surface area contributed by atoms with Gasteiger partial charge >= 0.3 is 0 Å². The molecule has 1 aliphatic rings. The number of nitrogens with two attached hydrogens (primary N) is 1. The van der Waals surface area contributed by atoms with Crippen molar-refractivity contribution in [2.45, 2.75) is 0 Å². The Kier molecular flexibility index (Phi) is 3.56. The second kappa shape index (κ2) is 5.50. The highest BCUT2D eigenvalue weighted by molar-refractivity contribution is 7.08. The molecule has 1 aliphatic heterocycles. The summed E-state index contributed by atoms with van der Waals surface area (Å²) >= 11 is 1.55. The number of piperazine rings is 1. The number of amides is 1. The van der Waals surface area contributed by atoms with Crippen LogP contribution in [0.5, 0.6) is 0 Å². The molecule has 3 heterocycles. The molecule has 0 aromatic carbocycles. The molecule has 6 heteroatoms. The van der Waals surface area contributed by atoms with E-state index in [9.17, 15) is 4.79 Å². The van der Waals surface area contributed by atoms with Crippen molar-refractivity contribution in [1.82, 2.24) is 9.88 Å². The maximum Gasteiger partial charge on any atom is 0.254 e. The van der Waals surface area contributed by atoms with Crippen molar-refractivity contribution in [1.29, 1.82) is 0 Å². The number of pyridine rings is 1. The van der Waals surface area contributed by atoms with Gasteiger partial charge in [-0.05, 0) is 23.6 Å². The van der Waals surface area contributed by atoms with Gasteiger partial charge in [-0.25, -0.2) is 4.98 Å². The van der Waals surface area contributed by atoms with Crippen LogP contribution < -0.4 is 10.6 Å². The zero-order valence-electron chi connectivity index (χ0n) is 11.0. The fraction of sp³-hybridized carbons (Fsp3) is 0.286. The molecule has 0 atom stereocenters. The molecule has 0 radical (unpaired) electrons. The van der Waals surface area contributed by atoms with E-state index in [1.165, 1.54) is 0 Å². The second-order valence-corrected chi connectivity index (χ2v) is 5.49. The lowest BCUT2D eigenvalue weighted by Gasteiger charge is -2.35. The number of hydrogen-bond donors (Lipinski definition) is 1. The van der Waals surface area contributed by atoms with Gasteiger partial charge in [-0.2, -0.15) is 11.3 Å². The molecule has 0 saturated carbocycles. The summed E-state index contributed by atoms with van der Waals surface area (Å²) in [6.07, 6.45) is 1.74. The number of nitrogens with zero attached hydrogens (tertiary/aromatic N) is 3. The molecule has 0 bridgehead atoms. The molecular formula is C14H16N4OS. The Morgan fingerprint density at radius 2 is 2.05 bits per heavy atom. The third-order valence-electron chi connectivity index (χ3n) is 3.45. The number of anilines is 2. The van der Waals surface area contributed by atoms with Crippen LogP contribution in [0.2, 0.25) is 0 Å². The monoisotopic (exact) mass is 288 g/mol. The van der Waals surface area contributed by atoms with Gasteiger partial charge in [0.05, 0.1) is 11.3 Å². The van der Waals surface area contributed by atoms with E-state index in [0.29, 0.717) is 18.8 Å². The number of hydrogen-bond acceptors (Lipinski definition) is 5. The summed E-state index contributed by atoms with van der Waals surface area (Å²) in [6.45, 7) is 2.92. The van der Waals surface area contributed by atoms with E-state index in [0.717, 1.165) is 24.5 Å². The normalized spacial score (nSPS) is 15.4. The molecule has 1 amide bonds. The minimum Gasteiger partial charge on any atom is -0.396 e. The van der Waals surface area contributed by atoms with Crippen molar-refractivity contribution < 1.29 is 4.79 Å². The molecule has 5 nitrogen and oxygen atoms in total. The molecule has 1 saturated heterocycles. The second-order valence-electron chi connectivity index (χ2n) is 4.71. The average molecular weight is 288 g/mol. The van der Waals surface area contributed by atoms with Gasteiger partial charge in [-0.1, -0.05) is 0 Å². The summed E-state index contributed by atoms with van der Waals surface area (Å²) in [5, 5.41) is 3.82. The van der Waals surface area contributed by atoms with Crippen LogP contribution in [0.4, 0.5) is 11.5 Å². The predicted molar refractivity (Wildman–Crippen MR) is 81.1 cm³/mol.